The summed E-state index contributed by atoms with van der Waals surface area (Å²) in [6.07, 6.45) is 3.57. The Morgan fingerprint density at radius 3 is 2.88 bits per heavy atom. The Labute approximate surface area is 199 Å². The van der Waals surface area contributed by atoms with Crippen LogP contribution in [0.3, 0.4) is 0 Å². The molecule has 5 rings (SSSR count). The van der Waals surface area contributed by atoms with Gasteiger partial charge in [0.15, 0.2) is 0 Å². The van der Waals surface area contributed by atoms with E-state index >= 15 is 0 Å². The third kappa shape index (κ3) is 5.29. The van der Waals surface area contributed by atoms with Crippen molar-refractivity contribution in [1.29, 1.82) is 0 Å². The Balaban J connectivity index is 1.36. The normalized spacial score (nSPS) is 21.5. The maximum atomic E-state index is 13.1. The second-order valence-electron chi connectivity index (χ2n) is 8.95. The smallest absolute Gasteiger partial charge is 0.251 e. The molecule has 0 unspecified atom stereocenters. The molecule has 2 aliphatic rings. The summed E-state index contributed by atoms with van der Waals surface area (Å²) in [6.45, 7) is 6.08. The predicted octanol–water partition coefficient (Wildman–Crippen LogP) is 2.82. The van der Waals surface area contributed by atoms with Gasteiger partial charge in [0.05, 0.1) is 31.6 Å². The molecule has 1 aromatic heterocycles. The minimum Gasteiger partial charge on any atom is -0.494 e. The Morgan fingerprint density at radius 2 is 2.00 bits per heavy atom. The van der Waals surface area contributed by atoms with E-state index in [0.717, 1.165) is 38.2 Å². The van der Waals surface area contributed by atoms with Gasteiger partial charge in [-0.1, -0.05) is 42.5 Å². The van der Waals surface area contributed by atoms with Crippen LogP contribution in [-0.4, -0.2) is 57.6 Å². The van der Waals surface area contributed by atoms with Gasteiger partial charge in [0.2, 0.25) is 0 Å². The Hall–Kier alpha value is -3.23. The SMILES string of the molecule is CCc1ccccc1CN1C[C@@H]2NC(=O)c3cccc(c3)OCCCn3cc(nn3)CO[C@H]2C1. The van der Waals surface area contributed by atoms with Crippen LogP contribution in [0.4, 0.5) is 0 Å². The fourth-order valence-corrected chi connectivity index (χ4v) is 4.69. The van der Waals surface area contributed by atoms with E-state index in [4.69, 9.17) is 9.47 Å². The van der Waals surface area contributed by atoms with Gasteiger partial charge in [0.25, 0.3) is 5.91 Å². The molecule has 0 radical (unpaired) electrons. The summed E-state index contributed by atoms with van der Waals surface area (Å²) in [6, 6.07) is 15.8. The van der Waals surface area contributed by atoms with Gasteiger partial charge < -0.3 is 14.8 Å². The Bertz CT molecular complexity index is 1130. The number of aryl methyl sites for hydroxylation is 2. The van der Waals surface area contributed by atoms with Crippen molar-refractivity contribution in [3.8, 4) is 5.75 Å². The highest BCUT2D eigenvalue weighted by atomic mass is 16.5. The van der Waals surface area contributed by atoms with Crippen LogP contribution >= 0.6 is 0 Å². The van der Waals surface area contributed by atoms with Crippen molar-refractivity contribution >= 4 is 5.91 Å². The molecule has 34 heavy (non-hydrogen) atoms. The van der Waals surface area contributed by atoms with Gasteiger partial charge in [0, 0.05) is 38.2 Å². The summed E-state index contributed by atoms with van der Waals surface area (Å²) >= 11 is 0. The molecule has 0 aliphatic carbocycles. The molecule has 2 aromatic carbocycles. The number of ether oxygens (including phenoxy) is 2. The number of rotatable bonds is 3. The van der Waals surface area contributed by atoms with Crippen LogP contribution in [0.15, 0.2) is 54.7 Å². The van der Waals surface area contributed by atoms with E-state index in [2.05, 4.69) is 51.7 Å². The number of nitrogens with zero attached hydrogens (tertiary/aromatic N) is 4. The second kappa shape index (κ2) is 10.4. The van der Waals surface area contributed by atoms with Gasteiger partial charge in [-0.05, 0) is 35.7 Å². The van der Waals surface area contributed by atoms with E-state index in [1.165, 1.54) is 11.1 Å². The topological polar surface area (TPSA) is 81.5 Å². The highest BCUT2D eigenvalue weighted by Crippen LogP contribution is 2.21. The zero-order valence-electron chi connectivity index (χ0n) is 19.5. The van der Waals surface area contributed by atoms with Crippen LogP contribution in [-0.2, 0) is 30.9 Å². The lowest BCUT2D eigenvalue weighted by Gasteiger charge is -2.20. The second-order valence-corrected chi connectivity index (χ2v) is 8.95. The molecule has 0 saturated carbocycles. The fourth-order valence-electron chi connectivity index (χ4n) is 4.69. The average molecular weight is 462 g/mol. The first-order valence-corrected chi connectivity index (χ1v) is 12.0. The first-order valence-electron chi connectivity index (χ1n) is 12.0. The van der Waals surface area contributed by atoms with E-state index in [1.807, 2.05) is 29.1 Å². The molecule has 1 fully saturated rings. The lowest BCUT2D eigenvalue weighted by Crippen LogP contribution is -2.44. The van der Waals surface area contributed by atoms with Crippen LogP contribution in [0.5, 0.6) is 5.75 Å². The van der Waals surface area contributed by atoms with Crippen molar-refractivity contribution in [1.82, 2.24) is 25.2 Å². The first kappa shape index (κ1) is 22.6. The quantitative estimate of drug-likeness (QED) is 0.646. The molecule has 1 N–H and O–H groups in total. The van der Waals surface area contributed by atoms with Crippen molar-refractivity contribution in [3.05, 3.63) is 77.1 Å². The summed E-state index contributed by atoms with van der Waals surface area (Å²) in [5.74, 6) is 0.578. The average Bonchev–Trinajstić information content (AvgIpc) is 3.47. The van der Waals surface area contributed by atoms with E-state index in [-0.39, 0.29) is 18.1 Å². The molecule has 8 nitrogen and oxygen atoms in total. The number of hydrogen-bond acceptors (Lipinski definition) is 6. The number of carbonyl (C=O) groups is 1. The zero-order valence-corrected chi connectivity index (χ0v) is 19.5. The third-order valence-corrected chi connectivity index (χ3v) is 6.48. The van der Waals surface area contributed by atoms with Crippen LogP contribution in [0.2, 0.25) is 0 Å². The molecule has 2 aliphatic heterocycles. The van der Waals surface area contributed by atoms with Crippen LogP contribution < -0.4 is 10.1 Å². The van der Waals surface area contributed by atoms with Gasteiger partial charge in [0.1, 0.15) is 11.4 Å². The number of carbonyl (C=O) groups excluding carboxylic acids is 1. The number of aromatic nitrogens is 3. The zero-order chi connectivity index (χ0) is 23.3. The van der Waals surface area contributed by atoms with Gasteiger partial charge >= 0.3 is 0 Å². The summed E-state index contributed by atoms with van der Waals surface area (Å²) < 4.78 is 14.0. The minimum atomic E-state index is -0.143. The molecular formula is C26H31N5O3. The molecule has 2 atom stereocenters. The van der Waals surface area contributed by atoms with Gasteiger partial charge in [-0.15, -0.1) is 5.10 Å². The summed E-state index contributed by atoms with van der Waals surface area (Å²) in [5, 5.41) is 11.7. The number of amides is 1. The molecule has 3 aromatic rings. The van der Waals surface area contributed by atoms with Gasteiger partial charge in [-0.25, -0.2) is 0 Å². The molecule has 3 heterocycles. The lowest BCUT2D eigenvalue weighted by molar-refractivity contribution is 0.0293. The highest BCUT2D eigenvalue weighted by molar-refractivity contribution is 5.94. The number of likely N-dealkylation sites (tertiary alicyclic amines) is 1. The molecule has 8 heteroatoms. The van der Waals surface area contributed by atoms with E-state index < -0.39 is 0 Å². The summed E-state index contributed by atoms with van der Waals surface area (Å²) in [7, 11) is 0. The first-order chi connectivity index (χ1) is 16.7. The monoisotopic (exact) mass is 461 g/mol. The molecule has 1 saturated heterocycles. The van der Waals surface area contributed by atoms with Crippen LogP contribution in [0, 0.1) is 0 Å². The number of nitrogens with one attached hydrogen (secondary N) is 1. The molecule has 1 amide bonds. The van der Waals surface area contributed by atoms with Gasteiger partial charge in [-0.3, -0.25) is 14.4 Å². The fraction of sp³-hybridized carbons (Fsp3) is 0.423. The maximum Gasteiger partial charge on any atom is 0.251 e. The van der Waals surface area contributed by atoms with E-state index in [9.17, 15) is 4.79 Å². The van der Waals surface area contributed by atoms with Crippen LogP contribution in [0.25, 0.3) is 0 Å². The van der Waals surface area contributed by atoms with E-state index in [1.54, 1.807) is 6.07 Å². The molecular weight excluding hydrogens is 430 g/mol. The number of fused-ring (bicyclic) bond motifs is 5. The maximum absolute atomic E-state index is 13.1. The van der Waals surface area contributed by atoms with Crippen molar-refractivity contribution in [2.45, 2.75) is 51.6 Å². The standard InChI is InChI=1S/C26H31N5O3/c1-2-19-7-3-4-8-21(19)14-30-16-24-25(17-30)34-18-22-15-31(29-28-22)11-6-12-33-23-10-5-9-20(13-23)26(32)27-24/h3-5,7-10,13,15,24-25H,2,6,11-12,14,16-18H2,1H3,(H,27,32)/t24-,25-/m0/s1. The summed E-state index contributed by atoms with van der Waals surface area (Å²) in [4.78, 5) is 15.5. The van der Waals surface area contributed by atoms with Crippen molar-refractivity contribution in [3.63, 3.8) is 0 Å². The van der Waals surface area contributed by atoms with E-state index in [0.29, 0.717) is 31.1 Å². The molecule has 178 valence electrons. The highest BCUT2D eigenvalue weighted by Gasteiger charge is 2.35. The Kier molecular flexibility index (Phi) is 6.87. The molecule has 0 spiro atoms. The Morgan fingerprint density at radius 1 is 1.12 bits per heavy atom. The van der Waals surface area contributed by atoms with Crippen molar-refractivity contribution < 1.29 is 14.3 Å². The molecule has 4 bridgehead atoms. The minimum absolute atomic E-state index is 0.113. The number of benzene rings is 2. The predicted molar refractivity (Wildman–Crippen MR) is 128 cm³/mol. The van der Waals surface area contributed by atoms with Crippen molar-refractivity contribution in [2.75, 3.05) is 19.7 Å². The van der Waals surface area contributed by atoms with Gasteiger partial charge in [-0.2, -0.15) is 0 Å². The number of hydrogen-bond donors (Lipinski definition) is 1. The third-order valence-electron chi connectivity index (χ3n) is 6.48. The lowest BCUT2D eigenvalue weighted by atomic mass is 10.1. The summed E-state index contributed by atoms with van der Waals surface area (Å²) in [5.41, 5.74) is 4.06. The van der Waals surface area contributed by atoms with Crippen molar-refractivity contribution in [2.24, 2.45) is 0 Å². The largest absolute Gasteiger partial charge is 0.494 e. The van der Waals surface area contributed by atoms with Crippen LogP contribution in [0.1, 0.15) is 40.5 Å².